The first-order chi connectivity index (χ1) is 29.1. The van der Waals surface area contributed by atoms with Gasteiger partial charge >= 0.3 is 0 Å². The van der Waals surface area contributed by atoms with Crippen LogP contribution >= 0.6 is 7.14 Å². The largest absolute Gasteiger partial charge is 0.309 e. The third-order valence-electron chi connectivity index (χ3n) is 11.5. The fourth-order valence-electron chi connectivity index (χ4n) is 8.75. The molecule has 10 aromatic rings. The van der Waals surface area contributed by atoms with Crippen LogP contribution in [-0.4, -0.2) is 9.55 Å². The SMILES string of the molecule is O=P1(c2cccc(-c3ccccc3)c2)c2ccc#cc2-c2c(n(-c3cccc(-c4cc(-c5ccccc5)nc(-c5ccccc5)c4)c3)c3ccccc23)-c2ccccc21. The zero-order valence-corrected chi connectivity index (χ0v) is 32.9. The number of para-hydroxylation sites is 1. The first-order valence-electron chi connectivity index (χ1n) is 19.8. The maximum atomic E-state index is 16.5. The minimum absolute atomic E-state index is 0.767. The van der Waals surface area contributed by atoms with Crippen molar-refractivity contribution in [3.05, 3.63) is 224 Å². The van der Waals surface area contributed by atoms with E-state index in [0.29, 0.717) is 0 Å². The second-order valence-corrected chi connectivity index (χ2v) is 17.6. The fourth-order valence-corrected chi connectivity index (χ4v) is 11.8. The average molecular weight is 771 g/mol. The molecule has 3 nitrogen and oxygen atoms in total. The first kappa shape index (κ1) is 34.7. The van der Waals surface area contributed by atoms with E-state index < -0.39 is 7.14 Å². The third kappa shape index (κ3) is 5.77. The lowest BCUT2D eigenvalue weighted by Crippen LogP contribution is -2.26. The second kappa shape index (κ2) is 14.2. The average Bonchev–Trinajstić information content (AvgIpc) is 3.63. The van der Waals surface area contributed by atoms with Gasteiger partial charge in [0.05, 0.1) is 22.6 Å². The lowest BCUT2D eigenvalue weighted by Gasteiger charge is -2.23. The molecule has 0 N–H and O–H groups in total. The molecule has 8 aromatic carbocycles. The van der Waals surface area contributed by atoms with E-state index in [1.165, 1.54) is 0 Å². The zero-order chi connectivity index (χ0) is 39.3. The number of pyridine rings is 1. The van der Waals surface area contributed by atoms with Crippen LogP contribution < -0.4 is 15.9 Å². The van der Waals surface area contributed by atoms with Crippen molar-refractivity contribution in [3.63, 3.8) is 0 Å². The normalized spacial score (nSPS) is 14.1. The Bertz CT molecular complexity index is 3180. The van der Waals surface area contributed by atoms with Gasteiger partial charge in [0, 0.05) is 54.8 Å². The number of benzene rings is 7. The van der Waals surface area contributed by atoms with Crippen LogP contribution in [-0.2, 0) is 4.57 Å². The van der Waals surface area contributed by atoms with Crippen molar-refractivity contribution < 1.29 is 4.57 Å². The topological polar surface area (TPSA) is 34.9 Å². The van der Waals surface area contributed by atoms with Crippen molar-refractivity contribution in [1.29, 1.82) is 0 Å². The van der Waals surface area contributed by atoms with Crippen LogP contribution in [0.2, 0.25) is 0 Å². The number of hydrogen-bond acceptors (Lipinski definition) is 2. The third-order valence-corrected chi connectivity index (χ3v) is 14.6. The molecule has 4 heteroatoms. The lowest BCUT2D eigenvalue weighted by atomic mass is 9.99. The second-order valence-electron chi connectivity index (χ2n) is 14.9. The molecular weight excluding hydrogens is 736 g/mol. The molecule has 0 spiro atoms. The van der Waals surface area contributed by atoms with Crippen molar-refractivity contribution in [2.75, 3.05) is 0 Å². The summed E-state index contributed by atoms with van der Waals surface area (Å²) in [5, 5.41) is 3.42. The van der Waals surface area contributed by atoms with Gasteiger partial charge in [-0.15, -0.1) is 0 Å². The van der Waals surface area contributed by atoms with Crippen LogP contribution in [0.15, 0.2) is 212 Å². The summed E-state index contributed by atoms with van der Waals surface area (Å²) in [6.45, 7) is 0. The Labute approximate surface area is 343 Å². The molecule has 276 valence electrons. The standard InChI is InChI=1S/C55H35N2OP/c58-59(45-27-17-25-42(35-45)38-18-4-1-5-19-38)52-32-14-11-29-47(52)54-46-28-10-13-31-51(46)57(55(54)48-30-12-15-33-53(48)59)44-26-16-24-41(34-44)43-36-49(39-20-6-2-7-21-39)56-50(37-43)40-22-8-3-9-23-40/h1-10,12-28,30-37H. The Morgan fingerprint density at radius 3 is 1.80 bits per heavy atom. The molecule has 11 rings (SSSR count). The molecule has 59 heavy (non-hydrogen) atoms. The van der Waals surface area contributed by atoms with Crippen LogP contribution in [0.5, 0.6) is 0 Å². The number of aromatic nitrogens is 2. The Morgan fingerprint density at radius 1 is 0.475 bits per heavy atom. The van der Waals surface area contributed by atoms with Gasteiger partial charge < -0.3 is 9.13 Å². The predicted octanol–water partition coefficient (Wildman–Crippen LogP) is 12.6. The van der Waals surface area contributed by atoms with Gasteiger partial charge in [0.25, 0.3) is 0 Å². The van der Waals surface area contributed by atoms with Crippen LogP contribution in [0.25, 0.3) is 83.7 Å². The molecule has 0 fully saturated rings. The summed E-state index contributed by atoms with van der Waals surface area (Å²) >= 11 is 0. The van der Waals surface area contributed by atoms with E-state index in [-0.39, 0.29) is 0 Å². The van der Waals surface area contributed by atoms with Crippen molar-refractivity contribution in [1.82, 2.24) is 9.55 Å². The highest BCUT2D eigenvalue weighted by molar-refractivity contribution is 7.85. The molecule has 0 radical (unpaired) electrons. The number of rotatable bonds is 6. The van der Waals surface area contributed by atoms with Crippen LogP contribution in [0.4, 0.5) is 0 Å². The van der Waals surface area contributed by atoms with Crippen LogP contribution in [0.1, 0.15) is 0 Å². The van der Waals surface area contributed by atoms with Gasteiger partial charge in [-0.05, 0) is 70.8 Å². The van der Waals surface area contributed by atoms with E-state index in [2.05, 4.69) is 168 Å². The van der Waals surface area contributed by atoms with E-state index in [4.69, 9.17) is 4.98 Å². The van der Waals surface area contributed by atoms with Crippen LogP contribution in [0.3, 0.4) is 0 Å². The van der Waals surface area contributed by atoms with E-state index >= 15 is 4.57 Å². The monoisotopic (exact) mass is 770 g/mol. The van der Waals surface area contributed by atoms with Crippen molar-refractivity contribution in [2.45, 2.75) is 0 Å². The van der Waals surface area contributed by atoms with Gasteiger partial charge in [0.15, 0.2) is 7.14 Å². The quantitative estimate of drug-likeness (QED) is 0.158. The van der Waals surface area contributed by atoms with Crippen LogP contribution in [0, 0.1) is 12.1 Å². The summed E-state index contributed by atoms with van der Waals surface area (Å²) < 4.78 is 18.9. The molecule has 0 aliphatic carbocycles. The van der Waals surface area contributed by atoms with Crippen molar-refractivity contribution in [3.8, 4) is 72.8 Å². The molecule has 2 aromatic heterocycles. The molecule has 0 bridgehead atoms. The first-order valence-corrected chi connectivity index (χ1v) is 21.5. The maximum Gasteiger partial charge on any atom is 0.172 e. The van der Waals surface area contributed by atoms with E-state index in [1.54, 1.807) is 0 Å². The molecular formula is C55H35N2OP. The van der Waals surface area contributed by atoms with E-state index in [0.717, 1.165) is 99.7 Å². The lowest BCUT2D eigenvalue weighted by molar-refractivity contribution is 0.592. The molecule has 1 atom stereocenters. The van der Waals surface area contributed by atoms with Gasteiger partial charge in [0.1, 0.15) is 0 Å². The van der Waals surface area contributed by atoms with Gasteiger partial charge in [0.2, 0.25) is 0 Å². The highest BCUT2D eigenvalue weighted by Crippen LogP contribution is 2.54. The Hall–Kier alpha value is -7.50. The van der Waals surface area contributed by atoms with Gasteiger partial charge in [-0.25, -0.2) is 4.98 Å². The smallest absolute Gasteiger partial charge is 0.172 e. The van der Waals surface area contributed by atoms with Gasteiger partial charge in [-0.3, -0.25) is 0 Å². The van der Waals surface area contributed by atoms with Crippen molar-refractivity contribution in [2.24, 2.45) is 0 Å². The summed E-state index contributed by atoms with van der Waals surface area (Å²) in [6.07, 6.45) is 0. The molecule has 1 aliphatic heterocycles. The molecule has 1 unspecified atom stereocenters. The molecule has 1 aliphatic rings. The Kier molecular flexibility index (Phi) is 8.33. The summed E-state index contributed by atoms with van der Waals surface area (Å²) in [6, 6.07) is 79.9. The highest BCUT2D eigenvalue weighted by atomic mass is 31.2. The highest BCUT2D eigenvalue weighted by Gasteiger charge is 2.40. The molecule has 0 saturated carbocycles. The Balaban J connectivity index is 1.16. The van der Waals surface area contributed by atoms with Crippen molar-refractivity contribution >= 4 is 34.0 Å². The predicted molar refractivity (Wildman–Crippen MR) is 244 cm³/mol. The van der Waals surface area contributed by atoms with E-state index in [1.807, 2.05) is 60.7 Å². The van der Waals surface area contributed by atoms with Gasteiger partial charge in [-0.1, -0.05) is 176 Å². The summed E-state index contributed by atoms with van der Waals surface area (Å²) in [5.41, 5.74) is 14.0. The molecule has 3 heterocycles. The maximum absolute atomic E-state index is 16.5. The summed E-state index contributed by atoms with van der Waals surface area (Å²) in [4.78, 5) is 5.15. The minimum Gasteiger partial charge on any atom is -0.309 e. The fraction of sp³-hybridized carbons (Fsp3) is 0. The summed E-state index contributed by atoms with van der Waals surface area (Å²) in [7, 11) is -3.47. The molecule has 0 saturated heterocycles. The minimum atomic E-state index is -3.47. The Morgan fingerprint density at radius 2 is 1.07 bits per heavy atom. The summed E-state index contributed by atoms with van der Waals surface area (Å²) in [5.74, 6) is 0. The number of fused-ring (bicyclic) bond motifs is 7. The molecule has 0 amide bonds. The zero-order valence-electron chi connectivity index (χ0n) is 32.0. The number of hydrogen-bond donors (Lipinski definition) is 0. The van der Waals surface area contributed by atoms with E-state index in [9.17, 15) is 0 Å². The van der Waals surface area contributed by atoms with Gasteiger partial charge in [-0.2, -0.15) is 0 Å². The number of nitrogens with zero attached hydrogens (tertiary/aromatic N) is 2.